The van der Waals surface area contributed by atoms with E-state index in [1.54, 1.807) is 36.4 Å². The highest BCUT2D eigenvalue weighted by Gasteiger charge is 2.77. The van der Waals surface area contributed by atoms with Gasteiger partial charge in [-0.05, 0) is 91.6 Å². The van der Waals surface area contributed by atoms with E-state index in [1.165, 1.54) is 23.1 Å². The van der Waals surface area contributed by atoms with Gasteiger partial charge in [0.15, 0.2) is 9.75 Å². The van der Waals surface area contributed by atoms with Crippen LogP contribution in [-0.4, -0.2) is 38.5 Å². The van der Waals surface area contributed by atoms with Gasteiger partial charge in [-0.15, -0.1) is 23.2 Å². The summed E-state index contributed by atoms with van der Waals surface area (Å²) in [6.07, 6.45) is 1.77. The molecule has 3 aromatic carbocycles. The number of anilines is 4. The third-order valence-corrected chi connectivity index (χ3v) is 11.6. The second-order valence-electron chi connectivity index (χ2n) is 12.8. The third-order valence-electron chi connectivity index (χ3n) is 10.2. The van der Waals surface area contributed by atoms with Crippen LogP contribution in [0.5, 0.6) is 0 Å². The van der Waals surface area contributed by atoms with Crippen molar-refractivity contribution in [3.05, 3.63) is 120 Å². The van der Waals surface area contributed by atoms with Gasteiger partial charge in [0.1, 0.15) is 23.9 Å². The Morgan fingerprint density at radius 2 is 1.45 bits per heavy atom. The molecule has 0 radical (unpaired) electrons. The predicted octanol–water partition coefficient (Wildman–Crippen LogP) is 6.42. The topological polar surface area (TPSA) is 120 Å². The van der Waals surface area contributed by atoms with Gasteiger partial charge in [0, 0.05) is 11.4 Å². The molecule has 1 saturated carbocycles. The van der Waals surface area contributed by atoms with Crippen LogP contribution in [0, 0.1) is 23.6 Å². The van der Waals surface area contributed by atoms with Crippen LogP contribution in [0.15, 0.2) is 107 Å². The Morgan fingerprint density at radius 1 is 0.796 bits per heavy atom. The van der Waals surface area contributed by atoms with Gasteiger partial charge < -0.3 is 14.8 Å². The van der Waals surface area contributed by atoms with E-state index in [9.17, 15) is 28.7 Å². The lowest BCUT2D eigenvalue weighted by molar-refractivity contribution is -0.125. The van der Waals surface area contributed by atoms with Crippen LogP contribution in [0.4, 0.5) is 27.1 Å². The Bertz CT molecular complexity index is 2050. The predicted molar refractivity (Wildman–Crippen MR) is 180 cm³/mol. The fraction of sp³-hybridized carbons (Fsp3) is 0.243. The summed E-state index contributed by atoms with van der Waals surface area (Å²) in [6, 6.07) is 24.4. The molecular weight excluding hydrogens is 672 g/mol. The highest BCUT2D eigenvalue weighted by molar-refractivity contribution is 6.58. The number of para-hydroxylation sites is 1. The molecule has 0 bridgehead atoms. The largest absolute Gasteiger partial charge is 0.463 e. The van der Waals surface area contributed by atoms with E-state index in [-0.39, 0.29) is 36.0 Å². The van der Waals surface area contributed by atoms with Gasteiger partial charge in [-0.1, -0.05) is 29.8 Å². The molecule has 9 nitrogen and oxygen atoms in total. The number of carbonyl (C=O) groups is 4. The first-order valence-corrected chi connectivity index (χ1v) is 16.5. The lowest BCUT2D eigenvalue weighted by Crippen LogP contribution is -2.60. The molecule has 0 spiro atoms. The van der Waals surface area contributed by atoms with Gasteiger partial charge >= 0.3 is 0 Å². The number of rotatable bonds is 6. The number of carbonyl (C=O) groups excluding carboxylic acids is 4. The first-order chi connectivity index (χ1) is 23.6. The minimum absolute atomic E-state index is 0.0819. The Labute approximate surface area is 289 Å². The molecule has 2 aliphatic heterocycles. The molecule has 6 atom stereocenters. The van der Waals surface area contributed by atoms with Crippen molar-refractivity contribution in [2.45, 2.75) is 35.1 Å². The molecule has 4 aliphatic rings. The Morgan fingerprint density at radius 3 is 2.12 bits per heavy atom. The number of furan rings is 1. The van der Waals surface area contributed by atoms with Crippen LogP contribution < -0.4 is 15.1 Å². The summed E-state index contributed by atoms with van der Waals surface area (Å²) in [5, 5.41) is 13.1. The zero-order chi connectivity index (χ0) is 34.2. The Kier molecular flexibility index (Phi) is 7.33. The van der Waals surface area contributed by atoms with Gasteiger partial charge in [-0.3, -0.25) is 24.1 Å². The molecule has 1 aromatic heterocycles. The van der Waals surface area contributed by atoms with E-state index in [0.717, 1.165) is 28.4 Å². The van der Waals surface area contributed by atoms with Crippen LogP contribution in [0.1, 0.15) is 30.3 Å². The summed E-state index contributed by atoms with van der Waals surface area (Å²) in [4.78, 5) is 54.8. The number of fused-ring (bicyclic) bond motifs is 4. The number of halogens is 3. The number of hydrogen-bond donors (Lipinski definition) is 2. The molecular formula is C37H28Cl2FN3O6. The number of aliphatic hydroxyl groups excluding tert-OH is 1. The van der Waals surface area contributed by atoms with Crippen LogP contribution in [0.3, 0.4) is 0 Å². The normalized spacial score (nSPS) is 29.1. The van der Waals surface area contributed by atoms with Crippen molar-refractivity contribution in [3.8, 4) is 0 Å². The number of nitrogens with zero attached hydrogens (tertiary/aromatic N) is 2. The van der Waals surface area contributed by atoms with Crippen LogP contribution >= 0.6 is 23.2 Å². The standard InChI is InChI=1S/C37H28Cl2FN3O6/c38-36-18-28-26(15-16-27-30(28)33(46)42(32(27)45)23-12-8-22(9-13-23)41-21-4-2-1-3-5-21)31(29-17-14-25(19-44)49-29)37(36,39)35(48)43(34(36)47)24-10-6-20(40)7-11-24/h1-15,17,27-28,30-31,41,44H,16,18-19H2. The molecule has 2 N–H and O–H groups in total. The maximum absolute atomic E-state index is 14.4. The van der Waals surface area contributed by atoms with Crippen molar-refractivity contribution in [2.75, 3.05) is 15.1 Å². The van der Waals surface area contributed by atoms with E-state index in [2.05, 4.69) is 5.32 Å². The Hall–Kier alpha value is -4.77. The van der Waals surface area contributed by atoms with E-state index in [1.807, 2.05) is 30.3 Å². The Balaban J connectivity index is 1.18. The quantitative estimate of drug-likeness (QED) is 0.135. The van der Waals surface area contributed by atoms with E-state index < -0.39 is 63.6 Å². The van der Waals surface area contributed by atoms with Gasteiger partial charge in [0.25, 0.3) is 11.8 Å². The minimum atomic E-state index is -2.12. The lowest BCUT2D eigenvalue weighted by Gasteiger charge is -2.49. The zero-order valence-corrected chi connectivity index (χ0v) is 27.2. The number of alkyl halides is 2. The average molecular weight is 701 g/mol. The van der Waals surface area contributed by atoms with Crippen molar-refractivity contribution in [1.29, 1.82) is 0 Å². The molecule has 248 valence electrons. The molecule has 12 heteroatoms. The first-order valence-electron chi connectivity index (χ1n) is 15.8. The molecule has 6 unspecified atom stereocenters. The molecule has 3 fully saturated rings. The smallest absolute Gasteiger partial charge is 0.258 e. The number of aliphatic hydroxyl groups is 1. The lowest BCUT2D eigenvalue weighted by atomic mass is 9.57. The van der Waals surface area contributed by atoms with Gasteiger partial charge in [-0.25, -0.2) is 9.29 Å². The molecule has 49 heavy (non-hydrogen) atoms. The number of nitrogens with one attached hydrogen (secondary N) is 1. The monoisotopic (exact) mass is 699 g/mol. The summed E-state index contributed by atoms with van der Waals surface area (Å²) in [5.74, 6) is -6.19. The second kappa shape index (κ2) is 11.4. The van der Waals surface area contributed by atoms with Crippen molar-refractivity contribution in [2.24, 2.45) is 17.8 Å². The highest BCUT2D eigenvalue weighted by atomic mass is 35.5. The zero-order valence-electron chi connectivity index (χ0n) is 25.7. The number of hydrogen-bond acceptors (Lipinski definition) is 7. The number of amides is 4. The molecule has 3 heterocycles. The van der Waals surface area contributed by atoms with Crippen LogP contribution in [-0.2, 0) is 25.8 Å². The fourth-order valence-electron chi connectivity index (χ4n) is 7.98. The molecule has 2 saturated heterocycles. The van der Waals surface area contributed by atoms with Crippen molar-refractivity contribution in [3.63, 3.8) is 0 Å². The minimum Gasteiger partial charge on any atom is -0.463 e. The van der Waals surface area contributed by atoms with Crippen molar-refractivity contribution < 1.29 is 33.1 Å². The van der Waals surface area contributed by atoms with Crippen LogP contribution in [0.25, 0.3) is 0 Å². The van der Waals surface area contributed by atoms with Crippen molar-refractivity contribution in [1.82, 2.24) is 0 Å². The SMILES string of the molecule is O=C1C2CC=C3C(CC4(Cl)C(=O)N(c5ccc(F)cc5)C(=O)C4(Cl)C3c3ccc(CO)o3)C2C(=O)N1c1ccc(Nc2ccccc2)cc1. The van der Waals surface area contributed by atoms with Gasteiger partial charge in [-0.2, -0.15) is 0 Å². The number of imide groups is 2. The van der Waals surface area contributed by atoms with Crippen LogP contribution in [0.2, 0.25) is 0 Å². The maximum Gasteiger partial charge on any atom is 0.258 e. The molecule has 4 amide bonds. The van der Waals surface area contributed by atoms with E-state index in [4.69, 9.17) is 27.6 Å². The second-order valence-corrected chi connectivity index (χ2v) is 14.0. The summed E-state index contributed by atoms with van der Waals surface area (Å²) < 4.78 is 19.8. The maximum atomic E-state index is 14.4. The third kappa shape index (κ3) is 4.54. The molecule has 4 aromatic rings. The summed E-state index contributed by atoms with van der Waals surface area (Å²) in [6.45, 7) is -0.433. The first kappa shape index (κ1) is 31.5. The average Bonchev–Trinajstić information content (AvgIpc) is 3.72. The van der Waals surface area contributed by atoms with Gasteiger partial charge in [0.2, 0.25) is 11.8 Å². The summed E-state index contributed by atoms with van der Waals surface area (Å²) in [7, 11) is 0. The van der Waals surface area contributed by atoms with Crippen molar-refractivity contribution >= 4 is 69.6 Å². The summed E-state index contributed by atoms with van der Waals surface area (Å²) in [5.41, 5.74) is 2.68. The number of benzene rings is 3. The van der Waals surface area contributed by atoms with E-state index in [0.29, 0.717) is 11.3 Å². The van der Waals surface area contributed by atoms with Gasteiger partial charge in [0.05, 0.1) is 29.1 Å². The summed E-state index contributed by atoms with van der Waals surface area (Å²) >= 11 is 14.7. The molecule has 2 aliphatic carbocycles. The van der Waals surface area contributed by atoms with E-state index >= 15 is 0 Å². The number of allylic oxidation sites excluding steroid dienone is 2. The molecule has 8 rings (SSSR count). The highest BCUT2D eigenvalue weighted by Crippen LogP contribution is 2.66. The fourth-order valence-corrected chi connectivity index (χ4v) is 8.90.